The molecule has 0 saturated carbocycles. The fourth-order valence-electron chi connectivity index (χ4n) is 3.00. The molecular formula is C17H23ClN2O. The van der Waals surface area contributed by atoms with E-state index >= 15 is 0 Å². The quantitative estimate of drug-likeness (QED) is 0.946. The Kier molecular flexibility index (Phi) is 5.45. The van der Waals surface area contributed by atoms with Crippen LogP contribution in [0, 0.1) is 0 Å². The molecule has 0 bridgehead atoms. The maximum Gasteiger partial charge on any atom is 0.123 e. The minimum Gasteiger partial charge on any atom is -0.496 e. The summed E-state index contributed by atoms with van der Waals surface area (Å²) in [6.07, 6.45) is 2.18. The number of benzene rings is 2. The first kappa shape index (κ1) is 16.1. The second-order valence-corrected chi connectivity index (χ2v) is 5.58. The highest BCUT2D eigenvalue weighted by atomic mass is 35.5. The summed E-state index contributed by atoms with van der Waals surface area (Å²) in [6, 6.07) is 13.1. The van der Waals surface area contributed by atoms with Crippen molar-refractivity contribution in [3.63, 3.8) is 0 Å². The summed E-state index contributed by atoms with van der Waals surface area (Å²) in [5, 5.41) is 2.57. The minimum atomic E-state index is 0. The van der Waals surface area contributed by atoms with Crippen LogP contribution < -0.4 is 10.5 Å². The molecule has 1 saturated heterocycles. The summed E-state index contributed by atoms with van der Waals surface area (Å²) in [6.45, 7) is 3.10. The van der Waals surface area contributed by atoms with Crippen molar-refractivity contribution in [2.45, 2.75) is 25.4 Å². The highest BCUT2D eigenvalue weighted by Crippen LogP contribution is 2.29. The number of likely N-dealkylation sites (tertiary alicyclic amines) is 1. The molecule has 2 aromatic carbocycles. The first-order chi connectivity index (χ1) is 9.78. The third-order valence-corrected chi connectivity index (χ3v) is 4.23. The Hall–Kier alpha value is -1.29. The van der Waals surface area contributed by atoms with Crippen LogP contribution in [0.4, 0.5) is 0 Å². The van der Waals surface area contributed by atoms with E-state index in [0.29, 0.717) is 6.04 Å². The molecule has 3 nitrogen and oxygen atoms in total. The molecule has 0 radical (unpaired) electrons. The smallest absolute Gasteiger partial charge is 0.123 e. The molecule has 0 aromatic heterocycles. The fourth-order valence-corrected chi connectivity index (χ4v) is 3.00. The molecule has 21 heavy (non-hydrogen) atoms. The van der Waals surface area contributed by atoms with E-state index in [1.807, 2.05) is 0 Å². The second-order valence-electron chi connectivity index (χ2n) is 5.58. The van der Waals surface area contributed by atoms with E-state index in [1.165, 1.54) is 16.3 Å². The van der Waals surface area contributed by atoms with Gasteiger partial charge in [-0.2, -0.15) is 0 Å². The average molecular weight is 307 g/mol. The maximum atomic E-state index is 5.99. The predicted molar refractivity (Wildman–Crippen MR) is 90.2 cm³/mol. The zero-order chi connectivity index (χ0) is 13.9. The molecule has 2 N–H and O–H groups in total. The van der Waals surface area contributed by atoms with Crippen molar-refractivity contribution in [3.8, 4) is 5.75 Å². The van der Waals surface area contributed by atoms with Crippen molar-refractivity contribution in [2.24, 2.45) is 5.73 Å². The van der Waals surface area contributed by atoms with Crippen LogP contribution in [0.2, 0.25) is 0 Å². The third-order valence-electron chi connectivity index (χ3n) is 4.23. The molecule has 1 heterocycles. The average Bonchev–Trinajstić information content (AvgIpc) is 2.50. The Labute approximate surface area is 132 Å². The largest absolute Gasteiger partial charge is 0.496 e. The lowest BCUT2D eigenvalue weighted by Crippen LogP contribution is -2.39. The molecule has 114 valence electrons. The van der Waals surface area contributed by atoms with E-state index in [1.54, 1.807) is 7.11 Å². The number of fused-ring (bicyclic) bond motifs is 1. The van der Waals surface area contributed by atoms with Gasteiger partial charge in [-0.05, 0) is 42.8 Å². The molecule has 0 spiro atoms. The van der Waals surface area contributed by atoms with Gasteiger partial charge in [0.05, 0.1) is 7.11 Å². The summed E-state index contributed by atoms with van der Waals surface area (Å²) in [4.78, 5) is 2.48. The van der Waals surface area contributed by atoms with Gasteiger partial charge in [0.15, 0.2) is 0 Å². The molecule has 0 amide bonds. The van der Waals surface area contributed by atoms with Gasteiger partial charge in [0, 0.05) is 18.2 Å². The molecule has 1 aliphatic rings. The summed E-state index contributed by atoms with van der Waals surface area (Å²) < 4.78 is 5.56. The van der Waals surface area contributed by atoms with Crippen LogP contribution in [-0.4, -0.2) is 31.1 Å². The molecule has 0 atom stereocenters. The van der Waals surface area contributed by atoms with Crippen molar-refractivity contribution in [1.82, 2.24) is 4.90 Å². The fraction of sp³-hybridized carbons (Fsp3) is 0.412. The van der Waals surface area contributed by atoms with Gasteiger partial charge < -0.3 is 10.5 Å². The molecule has 3 rings (SSSR count). The lowest BCUT2D eigenvalue weighted by Gasteiger charge is -2.30. The number of methoxy groups -OCH3 is 1. The van der Waals surface area contributed by atoms with E-state index < -0.39 is 0 Å². The molecular weight excluding hydrogens is 284 g/mol. The van der Waals surface area contributed by atoms with Crippen LogP contribution in [0.5, 0.6) is 5.75 Å². The summed E-state index contributed by atoms with van der Waals surface area (Å²) >= 11 is 0. The highest BCUT2D eigenvalue weighted by Gasteiger charge is 2.18. The van der Waals surface area contributed by atoms with Gasteiger partial charge in [-0.25, -0.2) is 0 Å². The molecule has 4 heteroatoms. The normalized spacial score (nSPS) is 16.7. The zero-order valence-electron chi connectivity index (χ0n) is 12.4. The van der Waals surface area contributed by atoms with Crippen LogP contribution >= 0.6 is 12.4 Å². The van der Waals surface area contributed by atoms with Crippen molar-refractivity contribution >= 4 is 23.2 Å². The maximum absolute atomic E-state index is 5.99. The number of nitrogens with two attached hydrogens (primary N) is 1. The molecule has 1 fully saturated rings. The second kappa shape index (κ2) is 7.12. The van der Waals surface area contributed by atoms with Crippen LogP contribution in [0.25, 0.3) is 10.8 Å². The zero-order valence-corrected chi connectivity index (χ0v) is 13.2. The van der Waals surface area contributed by atoms with Gasteiger partial charge >= 0.3 is 0 Å². The Morgan fingerprint density at radius 2 is 1.86 bits per heavy atom. The number of ether oxygens (including phenoxy) is 1. The third kappa shape index (κ3) is 3.49. The standard InChI is InChI=1S/C17H22N2O.ClH/c1-20-17-7-6-13-4-2-3-5-15(13)16(17)12-19-10-8-14(18)9-11-19;/h2-7,14H,8-12,18H2,1H3;1H. The monoisotopic (exact) mass is 306 g/mol. The molecule has 0 unspecified atom stereocenters. The van der Waals surface area contributed by atoms with Gasteiger partial charge in [-0.15, -0.1) is 12.4 Å². The Bertz CT molecular complexity index is 594. The lowest BCUT2D eigenvalue weighted by molar-refractivity contribution is 0.204. The van der Waals surface area contributed by atoms with Crippen molar-refractivity contribution in [2.75, 3.05) is 20.2 Å². The summed E-state index contributed by atoms with van der Waals surface area (Å²) in [5.41, 5.74) is 7.28. The summed E-state index contributed by atoms with van der Waals surface area (Å²) in [5.74, 6) is 0.985. The number of hydrogen-bond acceptors (Lipinski definition) is 3. The topological polar surface area (TPSA) is 38.5 Å². The predicted octanol–water partition coefficient (Wildman–Crippen LogP) is 3.19. The van der Waals surface area contributed by atoms with Crippen LogP contribution in [0.1, 0.15) is 18.4 Å². The molecule has 0 aliphatic carbocycles. The van der Waals surface area contributed by atoms with Crippen molar-refractivity contribution < 1.29 is 4.74 Å². The number of rotatable bonds is 3. The van der Waals surface area contributed by atoms with E-state index in [-0.39, 0.29) is 12.4 Å². The van der Waals surface area contributed by atoms with Crippen LogP contribution in [0.3, 0.4) is 0 Å². The first-order valence-corrected chi connectivity index (χ1v) is 7.30. The van der Waals surface area contributed by atoms with Crippen molar-refractivity contribution in [1.29, 1.82) is 0 Å². The van der Waals surface area contributed by atoms with Gasteiger partial charge in [0.2, 0.25) is 0 Å². The number of hydrogen-bond donors (Lipinski definition) is 1. The van der Waals surface area contributed by atoms with Gasteiger partial charge in [0.1, 0.15) is 5.75 Å². The number of nitrogens with zero attached hydrogens (tertiary/aromatic N) is 1. The van der Waals surface area contributed by atoms with E-state index in [4.69, 9.17) is 10.5 Å². The van der Waals surface area contributed by atoms with Gasteiger partial charge in [-0.3, -0.25) is 4.90 Å². The van der Waals surface area contributed by atoms with E-state index in [2.05, 4.69) is 41.3 Å². The van der Waals surface area contributed by atoms with Crippen LogP contribution in [0.15, 0.2) is 36.4 Å². The minimum absolute atomic E-state index is 0. The van der Waals surface area contributed by atoms with Crippen LogP contribution in [-0.2, 0) is 6.54 Å². The Balaban J connectivity index is 0.00000161. The SMILES string of the molecule is COc1ccc2ccccc2c1CN1CCC(N)CC1.Cl. The lowest BCUT2D eigenvalue weighted by atomic mass is 10.0. The summed E-state index contributed by atoms with van der Waals surface area (Å²) in [7, 11) is 1.75. The van der Waals surface area contributed by atoms with Crippen molar-refractivity contribution in [3.05, 3.63) is 42.0 Å². The Morgan fingerprint density at radius 1 is 1.14 bits per heavy atom. The van der Waals surface area contributed by atoms with Gasteiger partial charge in [0.25, 0.3) is 0 Å². The number of halogens is 1. The molecule has 1 aliphatic heterocycles. The van der Waals surface area contributed by atoms with E-state index in [0.717, 1.165) is 38.2 Å². The van der Waals surface area contributed by atoms with Gasteiger partial charge in [-0.1, -0.05) is 30.3 Å². The highest BCUT2D eigenvalue weighted by molar-refractivity contribution is 5.87. The molecule has 2 aromatic rings. The number of piperidine rings is 1. The first-order valence-electron chi connectivity index (χ1n) is 7.30. The van der Waals surface area contributed by atoms with E-state index in [9.17, 15) is 0 Å². The Morgan fingerprint density at radius 3 is 2.57 bits per heavy atom.